The van der Waals surface area contributed by atoms with Crippen LogP contribution in [0.25, 0.3) is 11.3 Å². The van der Waals surface area contributed by atoms with Gasteiger partial charge in [-0.05, 0) is 38.3 Å². The molecule has 1 fully saturated rings. The van der Waals surface area contributed by atoms with Crippen molar-refractivity contribution < 1.29 is 0 Å². The average molecular weight is 272 g/mol. The summed E-state index contributed by atoms with van der Waals surface area (Å²) in [6.45, 7) is 4.26. The van der Waals surface area contributed by atoms with Crippen molar-refractivity contribution in [2.24, 2.45) is 5.73 Å². The highest BCUT2D eigenvalue weighted by molar-refractivity contribution is 7.10. The molecule has 19 heavy (non-hydrogen) atoms. The van der Waals surface area contributed by atoms with E-state index in [1.165, 1.54) is 29.5 Å². The van der Waals surface area contributed by atoms with Crippen molar-refractivity contribution in [1.29, 1.82) is 0 Å². The molecule has 0 bridgehead atoms. The Hall–Kier alpha value is -1.19. The van der Waals surface area contributed by atoms with Gasteiger partial charge in [0.15, 0.2) is 0 Å². The number of hydrogen-bond donors (Lipinski definition) is 1. The minimum absolute atomic E-state index is 0.166. The molecule has 1 saturated carbocycles. The van der Waals surface area contributed by atoms with Crippen LogP contribution in [0.3, 0.4) is 0 Å². The molecule has 1 aromatic heterocycles. The SMILES string of the molecule is Cc1ccc(C)c(-c2csc(C3(N)CCCC3)n2)c1. The summed E-state index contributed by atoms with van der Waals surface area (Å²) in [5.41, 5.74) is 11.2. The van der Waals surface area contributed by atoms with Crippen molar-refractivity contribution in [3.05, 3.63) is 39.7 Å². The van der Waals surface area contributed by atoms with Crippen LogP contribution in [-0.2, 0) is 5.54 Å². The minimum atomic E-state index is -0.166. The van der Waals surface area contributed by atoms with Crippen LogP contribution in [0.4, 0.5) is 0 Å². The van der Waals surface area contributed by atoms with Crippen LogP contribution in [0.15, 0.2) is 23.6 Å². The molecule has 1 aliphatic rings. The van der Waals surface area contributed by atoms with Crippen LogP contribution in [0, 0.1) is 13.8 Å². The van der Waals surface area contributed by atoms with Gasteiger partial charge in [0.2, 0.25) is 0 Å². The predicted molar refractivity (Wildman–Crippen MR) is 81.4 cm³/mol. The van der Waals surface area contributed by atoms with Gasteiger partial charge in [-0.15, -0.1) is 11.3 Å². The second kappa shape index (κ2) is 4.73. The number of nitrogens with zero attached hydrogens (tertiary/aromatic N) is 1. The Kier molecular flexibility index (Phi) is 3.19. The van der Waals surface area contributed by atoms with E-state index in [2.05, 4.69) is 37.4 Å². The highest BCUT2D eigenvalue weighted by atomic mass is 32.1. The largest absolute Gasteiger partial charge is 0.319 e. The zero-order valence-corrected chi connectivity index (χ0v) is 12.4. The molecule has 0 saturated heterocycles. The molecule has 2 N–H and O–H groups in total. The molecule has 1 aromatic carbocycles. The molecule has 2 aromatic rings. The van der Waals surface area contributed by atoms with Crippen molar-refractivity contribution in [2.45, 2.75) is 45.1 Å². The maximum Gasteiger partial charge on any atom is 0.113 e. The molecule has 1 aliphatic carbocycles. The molecule has 0 unspecified atom stereocenters. The van der Waals surface area contributed by atoms with E-state index in [0.29, 0.717) is 0 Å². The third kappa shape index (κ3) is 2.33. The second-order valence-electron chi connectivity index (χ2n) is 5.72. The standard InChI is InChI=1S/C16H20N2S/c1-11-5-6-12(2)13(9-11)14-10-19-15(18-14)16(17)7-3-4-8-16/h5-6,9-10H,3-4,7-8,17H2,1-2H3. The maximum absolute atomic E-state index is 6.49. The number of benzene rings is 1. The molecule has 100 valence electrons. The highest BCUT2D eigenvalue weighted by Gasteiger charge is 2.34. The summed E-state index contributed by atoms with van der Waals surface area (Å²) >= 11 is 1.72. The van der Waals surface area contributed by atoms with Crippen molar-refractivity contribution in [2.75, 3.05) is 0 Å². The zero-order chi connectivity index (χ0) is 13.5. The van der Waals surface area contributed by atoms with Gasteiger partial charge in [-0.3, -0.25) is 0 Å². The highest BCUT2D eigenvalue weighted by Crippen LogP contribution is 2.39. The number of aryl methyl sites for hydroxylation is 2. The Balaban J connectivity index is 1.99. The quantitative estimate of drug-likeness (QED) is 0.891. The lowest BCUT2D eigenvalue weighted by Crippen LogP contribution is -2.32. The van der Waals surface area contributed by atoms with E-state index in [-0.39, 0.29) is 5.54 Å². The van der Waals surface area contributed by atoms with Crippen molar-refractivity contribution in [3.8, 4) is 11.3 Å². The fraction of sp³-hybridized carbons (Fsp3) is 0.438. The number of hydrogen-bond acceptors (Lipinski definition) is 3. The summed E-state index contributed by atoms with van der Waals surface area (Å²) in [5.74, 6) is 0. The van der Waals surface area contributed by atoms with E-state index in [1.54, 1.807) is 11.3 Å². The summed E-state index contributed by atoms with van der Waals surface area (Å²) in [5, 5.41) is 3.27. The number of aromatic nitrogens is 1. The van der Waals surface area contributed by atoms with E-state index < -0.39 is 0 Å². The maximum atomic E-state index is 6.49. The van der Waals surface area contributed by atoms with Crippen LogP contribution in [0.5, 0.6) is 0 Å². The molecular weight excluding hydrogens is 252 g/mol. The lowest BCUT2D eigenvalue weighted by molar-refractivity contribution is 0.459. The van der Waals surface area contributed by atoms with Crippen LogP contribution in [0.1, 0.15) is 41.8 Å². The molecule has 0 atom stereocenters. The van der Waals surface area contributed by atoms with Gasteiger partial charge >= 0.3 is 0 Å². The lowest BCUT2D eigenvalue weighted by atomic mass is 10.00. The van der Waals surface area contributed by atoms with Crippen molar-refractivity contribution in [1.82, 2.24) is 4.98 Å². The molecule has 0 spiro atoms. The summed E-state index contributed by atoms with van der Waals surface area (Å²) in [6.07, 6.45) is 4.61. The monoisotopic (exact) mass is 272 g/mol. The average Bonchev–Trinajstić information content (AvgIpc) is 3.02. The Morgan fingerprint density at radius 3 is 2.68 bits per heavy atom. The Morgan fingerprint density at radius 2 is 1.95 bits per heavy atom. The van der Waals surface area contributed by atoms with Crippen molar-refractivity contribution in [3.63, 3.8) is 0 Å². The van der Waals surface area contributed by atoms with E-state index in [1.807, 2.05) is 0 Å². The lowest BCUT2D eigenvalue weighted by Gasteiger charge is -2.19. The fourth-order valence-electron chi connectivity index (χ4n) is 2.86. The third-order valence-electron chi connectivity index (χ3n) is 4.09. The van der Waals surface area contributed by atoms with E-state index >= 15 is 0 Å². The van der Waals surface area contributed by atoms with Gasteiger partial charge in [0, 0.05) is 10.9 Å². The first-order valence-corrected chi connectivity index (χ1v) is 7.79. The predicted octanol–water partition coefficient (Wildman–Crippen LogP) is 4.15. The van der Waals surface area contributed by atoms with Gasteiger partial charge in [-0.1, -0.05) is 30.5 Å². The Morgan fingerprint density at radius 1 is 1.21 bits per heavy atom. The van der Waals surface area contributed by atoms with Crippen LogP contribution in [-0.4, -0.2) is 4.98 Å². The summed E-state index contributed by atoms with van der Waals surface area (Å²) < 4.78 is 0. The van der Waals surface area contributed by atoms with E-state index in [9.17, 15) is 0 Å². The van der Waals surface area contributed by atoms with Gasteiger partial charge in [0.05, 0.1) is 11.2 Å². The Labute approximate surface area is 118 Å². The minimum Gasteiger partial charge on any atom is -0.319 e. The molecule has 0 radical (unpaired) electrons. The molecule has 0 amide bonds. The van der Waals surface area contributed by atoms with Crippen LogP contribution < -0.4 is 5.73 Å². The topological polar surface area (TPSA) is 38.9 Å². The van der Waals surface area contributed by atoms with Gasteiger partial charge in [0.1, 0.15) is 5.01 Å². The van der Waals surface area contributed by atoms with E-state index in [0.717, 1.165) is 23.5 Å². The first-order valence-electron chi connectivity index (χ1n) is 6.91. The first kappa shape index (κ1) is 12.8. The molecule has 3 heteroatoms. The van der Waals surface area contributed by atoms with Crippen molar-refractivity contribution >= 4 is 11.3 Å². The summed E-state index contributed by atoms with van der Waals surface area (Å²) in [4.78, 5) is 4.83. The summed E-state index contributed by atoms with van der Waals surface area (Å²) in [6, 6.07) is 6.52. The smallest absolute Gasteiger partial charge is 0.113 e. The van der Waals surface area contributed by atoms with Gasteiger partial charge in [-0.25, -0.2) is 4.98 Å². The molecule has 3 rings (SSSR count). The first-order chi connectivity index (χ1) is 9.08. The molecule has 0 aliphatic heterocycles. The van der Waals surface area contributed by atoms with Gasteiger partial charge in [0.25, 0.3) is 0 Å². The van der Waals surface area contributed by atoms with Gasteiger partial charge < -0.3 is 5.73 Å². The zero-order valence-electron chi connectivity index (χ0n) is 11.6. The number of rotatable bonds is 2. The normalized spacial score (nSPS) is 17.8. The van der Waals surface area contributed by atoms with Crippen LogP contribution >= 0.6 is 11.3 Å². The van der Waals surface area contributed by atoms with Gasteiger partial charge in [-0.2, -0.15) is 0 Å². The molecule has 2 nitrogen and oxygen atoms in total. The number of thiazole rings is 1. The van der Waals surface area contributed by atoms with Crippen LogP contribution in [0.2, 0.25) is 0 Å². The fourth-order valence-corrected chi connectivity index (χ4v) is 3.85. The molecule has 1 heterocycles. The Bertz CT molecular complexity index is 595. The second-order valence-corrected chi connectivity index (χ2v) is 6.58. The summed E-state index contributed by atoms with van der Waals surface area (Å²) in [7, 11) is 0. The van der Waals surface area contributed by atoms with E-state index in [4.69, 9.17) is 10.7 Å². The third-order valence-corrected chi connectivity index (χ3v) is 5.16. The number of nitrogens with two attached hydrogens (primary N) is 1. The molecular formula is C16H20N2S.